The Morgan fingerprint density at radius 2 is 2.20 bits per heavy atom. The van der Waals surface area contributed by atoms with Crippen LogP contribution in [0.5, 0.6) is 5.75 Å². The van der Waals surface area contributed by atoms with Crippen LogP contribution in [0, 0.1) is 13.8 Å². The highest BCUT2D eigenvalue weighted by molar-refractivity contribution is 7.12. The minimum absolute atomic E-state index is 0.0888. The lowest BCUT2D eigenvalue weighted by molar-refractivity contribution is -0.115. The van der Waals surface area contributed by atoms with Gasteiger partial charge in [-0.15, -0.1) is 11.3 Å². The quantitative estimate of drug-likeness (QED) is 0.528. The van der Waals surface area contributed by atoms with E-state index in [1.54, 1.807) is 16.0 Å². The van der Waals surface area contributed by atoms with Crippen LogP contribution in [0.15, 0.2) is 30.6 Å². The number of hydrogen-bond acceptors (Lipinski definition) is 6. The molecule has 2 aromatic heterocycles. The summed E-state index contributed by atoms with van der Waals surface area (Å²) >= 11 is 1.76. The van der Waals surface area contributed by atoms with Crippen molar-refractivity contribution in [2.24, 2.45) is 7.05 Å². The summed E-state index contributed by atoms with van der Waals surface area (Å²) in [6, 6.07) is 5.90. The summed E-state index contributed by atoms with van der Waals surface area (Å²) in [6.07, 6.45) is 6.21. The average molecular weight is 494 g/mol. The van der Waals surface area contributed by atoms with Gasteiger partial charge < -0.3 is 10.1 Å². The van der Waals surface area contributed by atoms with Gasteiger partial charge in [0.2, 0.25) is 6.41 Å². The number of imide groups is 1. The largest absolute Gasteiger partial charge is 0.491 e. The van der Waals surface area contributed by atoms with Gasteiger partial charge in [-0.1, -0.05) is 18.2 Å². The fourth-order valence-electron chi connectivity index (χ4n) is 4.92. The Balaban J connectivity index is 1.19. The van der Waals surface area contributed by atoms with Crippen LogP contribution in [0.3, 0.4) is 0 Å². The number of carbonyl (C=O) groups excluding carboxylic acids is 2. The third kappa shape index (κ3) is 4.83. The second-order valence-electron chi connectivity index (χ2n) is 9.32. The van der Waals surface area contributed by atoms with Gasteiger partial charge in [-0.3, -0.25) is 19.3 Å². The molecule has 1 N–H and O–H groups in total. The number of carbonyl (C=O) groups is 2. The molecule has 184 valence electrons. The predicted octanol–water partition coefficient (Wildman–Crippen LogP) is 3.82. The monoisotopic (exact) mass is 493 g/mol. The molecule has 35 heavy (non-hydrogen) atoms. The highest BCUT2D eigenvalue weighted by atomic mass is 32.1. The molecule has 2 aliphatic rings. The van der Waals surface area contributed by atoms with Crippen molar-refractivity contribution in [3.05, 3.63) is 57.0 Å². The van der Waals surface area contributed by atoms with Crippen LogP contribution >= 0.6 is 11.3 Å². The molecule has 3 aromatic rings. The Labute approximate surface area is 209 Å². The smallest absolute Gasteiger partial charge is 0.324 e. The lowest BCUT2D eigenvalue weighted by Crippen LogP contribution is -2.44. The summed E-state index contributed by atoms with van der Waals surface area (Å²) in [6.45, 7) is 7.31. The Morgan fingerprint density at radius 3 is 2.97 bits per heavy atom. The normalized spacial score (nSPS) is 17.3. The maximum atomic E-state index is 12.9. The molecule has 1 aliphatic heterocycles. The first-order chi connectivity index (χ1) is 16.9. The summed E-state index contributed by atoms with van der Waals surface area (Å²) in [4.78, 5) is 30.7. The van der Waals surface area contributed by atoms with Crippen molar-refractivity contribution in [2.45, 2.75) is 39.3 Å². The Bertz CT molecular complexity index is 1250. The Kier molecular flexibility index (Phi) is 6.62. The van der Waals surface area contributed by atoms with Crippen molar-refractivity contribution in [2.75, 3.05) is 26.2 Å². The van der Waals surface area contributed by atoms with Crippen LogP contribution in [-0.4, -0.2) is 58.3 Å². The SMILES string of the molecule is Cc1sc2c(c1C)OCCN(CCN(C=O)C(=O)N[C@H]1CCc3cc(-c4cnn(C)c4)ccc31)C2. The lowest BCUT2D eigenvalue weighted by Gasteiger charge is -2.24. The first kappa shape index (κ1) is 23.6. The number of hydrogen-bond donors (Lipinski definition) is 1. The zero-order valence-electron chi connectivity index (χ0n) is 20.4. The van der Waals surface area contributed by atoms with Crippen LogP contribution in [0.1, 0.15) is 38.9 Å². The van der Waals surface area contributed by atoms with E-state index in [1.807, 2.05) is 19.4 Å². The Hall–Kier alpha value is -3.17. The molecule has 1 aliphatic carbocycles. The Morgan fingerprint density at radius 1 is 1.34 bits per heavy atom. The maximum Gasteiger partial charge on any atom is 0.324 e. The molecular weight excluding hydrogens is 462 g/mol. The summed E-state index contributed by atoms with van der Waals surface area (Å²) in [5.74, 6) is 1.01. The number of ether oxygens (including phenoxy) is 1. The number of aromatic nitrogens is 2. The zero-order valence-corrected chi connectivity index (χ0v) is 21.2. The van der Waals surface area contributed by atoms with Crippen molar-refractivity contribution in [1.29, 1.82) is 0 Å². The number of rotatable bonds is 6. The molecule has 1 atom stereocenters. The summed E-state index contributed by atoms with van der Waals surface area (Å²) < 4.78 is 7.76. The van der Waals surface area contributed by atoms with E-state index in [0.717, 1.165) is 48.4 Å². The molecule has 8 nitrogen and oxygen atoms in total. The summed E-state index contributed by atoms with van der Waals surface area (Å²) in [5, 5.41) is 7.33. The number of amides is 3. The molecule has 0 bridgehead atoms. The molecule has 5 rings (SSSR count). The highest BCUT2D eigenvalue weighted by Crippen LogP contribution is 2.37. The fourth-order valence-corrected chi connectivity index (χ4v) is 6.09. The third-order valence-electron chi connectivity index (χ3n) is 7.02. The van der Waals surface area contributed by atoms with Gasteiger partial charge in [0.15, 0.2) is 0 Å². The van der Waals surface area contributed by atoms with E-state index in [1.165, 1.54) is 25.8 Å². The molecule has 0 saturated heterocycles. The zero-order chi connectivity index (χ0) is 24.5. The van der Waals surface area contributed by atoms with E-state index in [2.05, 4.69) is 47.4 Å². The van der Waals surface area contributed by atoms with Gasteiger partial charge in [-0.2, -0.15) is 5.10 Å². The molecule has 0 spiro atoms. The molecule has 3 heterocycles. The van der Waals surface area contributed by atoms with Gasteiger partial charge in [0.05, 0.1) is 17.1 Å². The van der Waals surface area contributed by atoms with Crippen LogP contribution in [-0.2, 0) is 24.8 Å². The predicted molar refractivity (Wildman–Crippen MR) is 136 cm³/mol. The number of nitrogens with one attached hydrogen (secondary N) is 1. The van der Waals surface area contributed by atoms with E-state index in [9.17, 15) is 9.59 Å². The van der Waals surface area contributed by atoms with Gasteiger partial charge in [0.25, 0.3) is 0 Å². The minimum atomic E-state index is -0.344. The van der Waals surface area contributed by atoms with Crippen LogP contribution in [0.2, 0.25) is 0 Å². The standard InChI is InChI=1S/C26H31N5O3S/c1-17-18(2)35-24-15-30(10-11-34-25(17)24)8-9-31(16-32)26(33)28-23-7-5-20-12-19(4-6-22(20)23)21-13-27-29(3)14-21/h4,6,12-14,16,23H,5,7-11,15H2,1-3H3,(H,28,33)/t23-/m0/s1. The molecule has 0 fully saturated rings. The van der Waals surface area contributed by atoms with Gasteiger partial charge in [-0.25, -0.2) is 4.79 Å². The highest BCUT2D eigenvalue weighted by Gasteiger charge is 2.27. The molecule has 3 amide bonds. The number of benzene rings is 1. The summed E-state index contributed by atoms with van der Waals surface area (Å²) in [5.41, 5.74) is 5.77. The van der Waals surface area contributed by atoms with Gasteiger partial charge in [0, 0.05) is 55.4 Å². The fraction of sp³-hybridized carbons (Fsp3) is 0.423. The van der Waals surface area contributed by atoms with Crippen molar-refractivity contribution >= 4 is 23.8 Å². The molecule has 0 radical (unpaired) electrons. The van der Waals surface area contributed by atoms with E-state index >= 15 is 0 Å². The minimum Gasteiger partial charge on any atom is -0.491 e. The first-order valence-electron chi connectivity index (χ1n) is 12.0. The van der Waals surface area contributed by atoms with E-state index in [-0.39, 0.29) is 12.1 Å². The van der Waals surface area contributed by atoms with Crippen molar-refractivity contribution < 1.29 is 14.3 Å². The third-order valence-corrected chi connectivity index (χ3v) is 8.19. The van der Waals surface area contributed by atoms with Gasteiger partial charge >= 0.3 is 6.03 Å². The molecular formula is C26H31N5O3S. The first-order valence-corrected chi connectivity index (χ1v) is 12.8. The van der Waals surface area contributed by atoms with Gasteiger partial charge in [0.1, 0.15) is 12.4 Å². The molecule has 0 unspecified atom stereocenters. The number of urea groups is 1. The molecule has 9 heteroatoms. The number of nitrogens with zero attached hydrogens (tertiary/aromatic N) is 4. The average Bonchev–Trinajstić information content (AvgIpc) is 3.48. The summed E-state index contributed by atoms with van der Waals surface area (Å²) in [7, 11) is 1.91. The van der Waals surface area contributed by atoms with Crippen molar-refractivity contribution in [1.82, 2.24) is 24.9 Å². The topological polar surface area (TPSA) is 79.7 Å². The van der Waals surface area contributed by atoms with E-state index in [4.69, 9.17) is 4.74 Å². The van der Waals surface area contributed by atoms with Crippen molar-refractivity contribution in [3.63, 3.8) is 0 Å². The van der Waals surface area contributed by atoms with E-state index in [0.29, 0.717) is 26.1 Å². The van der Waals surface area contributed by atoms with Crippen molar-refractivity contribution in [3.8, 4) is 16.9 Å². The van der Waals surface area contributed by atoms with E-state index < -0.39 is 0 Å². The molecule has 0 saturated carbocycles. The lowest BCUT2D eigenvalue weighted by atomic mass is 10.0. The van der Waals surface area contributed by atoms with Crippen LogP contribution in [0.4, 0.5) is 4.79 Å². The van der Waals surface area contributed by atoms with Crippen LogP contribution < -0.4 is 10.1 Å². The maximum absolute atomic E-state index is 12.9. The number of thiophene rings is 1. The second-order valence-corrected chi connectivity index (χ2v) is 10.6. The number of fused-ring (bicyclic) bond motifs is 2. The van der Waals surface area contributed by atoms with Crippen LogP contribution in [0.25, 0.3) is 11.1 Å². The van der Waals surface area contributed by atoms with Gasteiger partial charge in [-0.05, 0) is 43.4 Å². The second kappa shape index (κ2) is 9.83. The molecule has 1 aromatic carbocycles. The number of aryl methyl sites for hydroxylation is 3.